The summed E-state index contributed by atoms with van der Waals surface area (Å²) in [4.78, 5) is 4.34. The number of aromatic nitrogens is 1. The van der Waals surface area contributed by atoms with Crippen LogP contribution in [0.25, 0.3) is 10.9 Å². The van der Waals surface area contributed by atoms with Crippen LogP contribution in [0.3, 0.4) is 0 Å². The second-order valence-electron chi connectivity index (χ2n) is 4.56. The van der Waals surface area contributed by atoms with Crippen LogP contribution >= 0.6 is 11.6 Å². The Labute approximate surface area is 113 Å². The number of pyridine rings is 1. The number of hydrogen-bond acceptors (Lipinski definition) is 2. The lowest BCUT2D eigenvalue weighted by atomic mass is 10.0. The van der Waals surface area contributed by atoms with Crippen molar-refractivity contribution >= 4 is 28.2 Å². The van der Waals surface area contributed by atoms with Crippen molar-refractivity contribution in [2.45, 2.75) is 26.7 Å². The molecule has 0 atom stereocenters. The van der Waals surface area contributed by atoms with Crippen LogP contribution in [0.5, 0.6) is 0 Å². The summed E-state index contributed by atoms with van der Waals surface area (Å²) in [6.45, 7) is 5.47. The van der Waals surface area contributed by atoms with E-state index in [4.69, 9.17) is 11.6 Å². The standard InChI is InChI=1S/C15H19ClN2/c1-3-11(4-2)10-18-14-8-7-13(16)15-12(14)6-5-9-17-15/h5-9,11,18H,3-4,10H2,1-2H3. The first-order valence-corrected chi connectivity index (χ1v) is 6.91. The van der Waals surface area contributed by atoms with Crippen LogP contribution in [0.2, 0.25) is 5.02 Å². The first kappa shape index (κ1) is 13.2. The van der Waals surface area contributed by atoms with Gasteiger partial charge in [0.2, 0.25) is 0 Å². The van der Waals surface area contributed by atoms with Crippen molar-refractivity contribution in [3.63, 3.8) is 0 Å². The highest BCUT2D eigenvalue weighted by Crippen LogP contribution is 2.28. The zero-order valence-corrected chi connectivity index (χ0v) is 11.7. The van der Waals surface area contributed by atoms with Gasteiger partial charge in [-0.25, -0.2) is 0 Å². The highest BCUT2D eigenvalue weighted by molar-refractivity contribution is 6.35. The highest BCUT2D eigenvalue weighted by Gasteiger charge is 2.07. The van der Waals surface area contributed by atoms with Crippen LogP contribution in [-0.2, 0) is 0 Å². The fraction of sp³-hybridized carbons (Fsp3) is 0.400. The summed E-state index contributed by atoms with van der Waals surface area (Å²) >= 11 is 6.16. The van der Waals surface area contributed by atoms with E-state index in [1.165, 1.54) is 12.8 Å². The summed E-state index contributed by atoms with van der Waals surface area (Å²) in [5.41, 5.74) is 1.99. The van der Waals surface area contributed by atoms with Gasteiger partial charge in [-0.05, 0) is 30.2 Å². The Bertz CT molecular complexity index is 521. The molecule has 0 spiro atoms. The first-order chi connectivity index (χ1) is 8.76. The van der Waals surface area contributed by atoms with E-state index >= 15 is 0 Å². The van der Waals surface area contributed by atoms with E-state index in [0.717, 1.165) is 23.1 Å². The minimum absolute atomic E-state index is 0.707. The van der Waals surface area contributed by atoms with Crippen LogP contribution < -0.4 is 5.32 Å². The zero-order valence-electron chi connectivity index (χ0n) is 10.9. The Balaban J connectivity index is 2.26. The number of nitrogens with zero attached hydrogens (tertiary/aromatic N) is 1. The molecule has 0 aliphatic carbocycles. The van der Waals surface area contributed by atoms with E-state index in [0.29, 0.717) is 10.9 Å². The number of rotatable bonds is 5. The molecule has 1 heterocycles. The number of nitrogens with one attached hydrogen (secondary N) is 1. The van der Waals surface area contributed by atoms with Crippen LogP contribution in [0, 0.1) is 5.92 Å². The molecule has 1 N–H and O–H groups in total. The molecular formula is C15H19ClN2. The smallest absolute Gasteiger partial charge is 0.0908 e. The second-order valence-corrected chi connectivity index (χ2v) is 4.97. The summed E-state index contributed by atoms with van der Waals surface area (Å²) in [6, 6.07) is 7.95. The van der Waals surface area contributed by atoms with Gasteiger partial charge in [0.05, 0.1) is 10.5 Å². The largest absolute Gasteiger partial charge is 0.384 e. The molecule has 0 saturated heterocycles. The van der Waals surface area contributed by atoms with Crippen molar-refractivity contribution in [3.8, 4) is 0 Å². The second kappa shape index (κ2) is 6.05. The topological polar surface area (TPSA) is 24.9 Å². The minimum atomic E-state index is 0.707. The van der Waals surface area contributed by atoms with E-state index in [2.05, 4.69) is 30.2 Å². The molecule has 3 heteroatoms. The Kier molecular flexibility index (Phi) is 4.43. The van der Waals surface area contributed by atoms with Crippen molar-refractivity contribution in [2.24, 2.45) is 5.92 Å². The van der Waals surface area contributed by atoms with Crippen molar-refractivity contribution in [3.05, 3.63) is 35.5 Å². The lowest BCUT2D eigenvalue weighted by Crippen LogP contribution is -2.12. The molecule has 0 saturated carbocycles. The van der Waals surface area contributed by atoms with Gasteiger partial charge in [-0.15, -0.1) is 0 Å². The van der Waals surface area contributed by atoms with Crippen molar-refractivity contribution in [2.75, 3.05) is 11.9 Å². The van der Waals surface area contributed by atoms with Gasteiger partial charge in [-0.3, -0.25) is 4.98 Å². The molecule has 1 aromatic carbocycles. The molecule has 2 aromatic rings. The Morgan fingerprint density at radius 3 is 2.72 bits per heavy atom. The maximum atomic E-state index is 6.16. The molecule has 0 aliphatic heterocycles. The summed E-state index contributed by atoms with van der Waals surface area (Å²) < 4.78 is 0. The number of fused-ring (bicyclic) bond motifs is 1. The third-order valence-electron chi connectivity index (χ3n) is 3.46. The Hall–Kier alpha value is -1.28. The van der Waals surface area contributed by atoms with E-state index in [9.17, 15) is 0 Å². The van der Waals surface area contributed by atoms with Crippen molar-refractivity contribution < 1.29 is 0 Å². The first-order valence-electron chi connectivity index (χ1n) is 6.53. The summed E-state index contributed by atoms with van der Waals surface area (Å²) in [6.07, 6.45) is 4.18. The van der Waals surface area contributed by atoms with Crippen LogP contribution in [-0.4, -0.2) is 11.5 Å². The van der Waals surface area contributed by atoms with Crippen LogP contribution in [0.4, 0.5) is 5.69 Å². The zero-order chi connectivity index (χ0) is 13.0. The molecule has 0 aliphatic rings. The summed E-state index contributed by atoms with van der Waals surface area (Å²) in [5.74, 6) is 0.715. The maximum absolute atomic E-state index is 6.16. The number of halogens is 1. The van der Waals surface area contributed by atoms with Gasteiger partial charge < -0.3 is 5.32 Å². The number of anilines is 1. The molecule has 0 radical (unpaired) electrons. The lowest BCUT2D eigenvalue weighted by molar-refractivity contribution is 0.519. The van der Waals surface area contributed by atoms with Crippen molar-refractivity contribution in [1.29, 1.82) is 0 Å². The Morgan fingerprint density at radius 1 is 1.22 bits per heavy atom. The van der Waals surface area contributed by atoms with Gasteiger partial charge in [0.1, 0.15) is 0 Å². The molecule has 0 fully saturated rings. The van der Waals surface area contributed by atoms with Crippen LogP contribution in [0.1, 0.15) is 26.7 Å². The molecule has 18 heavy (non-hydrogen) atoms. The summed E-state index contributed by atoms with van der Waals surface area (Å²) in [7, 11) is 0. The Morgan fingerprint density at radius 2 is 2.00 bits per heavy atom. The van der Waals surface area contributed by atoms with Gasteiger partial charge in [-0.1, -0.05) is 38.3 Å². The van der Waals surface area contributed by atoms with Gasteiger partial charge in [0, 0.05) is 23.8 Å². The monoisotopic (exact) mass is 262 g/mol. The molecular weight excluding hydrogens is 244 g/mol. The molecule has 0 unspecified atom stereocenters. The predicted octanol–water partition coefficient (Wildman–Crippen LogP) is 4.74. The van der Waals surface area contributed by atoms with E-state index < -0.39 is 0 Å². The third kappa shape index (κ3) is 2.75. The van der Waals surface area contributed by atoms with Crippen LogP contribution in [0.15, 0.2) is 30.5 Å². The molecule has 96 valence electrons. The average Bonchev–Trinajstić information content (AvgIpc) is 2.42. The number of benzene rings is 1. The normalized spacial score (nSPS) is 11.1. The minimum Gasteiger partial charge on any atom is -0.384 e. The molecule has 2 nitrogen and oxygen atoms in total. The lowest BCUT2D eigenvalue weighted by Gasteiger charge is -2.15. The fourth-order valence-corrected chi connectivity index (χ4v) is 2.34. The highest BCUT2D eigenvalue weighted by atomic mass is 35.5. The summed E-state index contributed by atoms with van der Waals surface area (Å²) in [5, 5.41) is 5.32. The van der Waals surface area contributed by atoms with Gasteiger partial charge >= 0.3 is 0 Å². The fourth-order valence-electron chi connectivity index (χ4n) is 2.12. The number of hydrogen-bond donors (Lipinski definition) is 1. The van der Waals surface area contributed by atoms with E-state index in [1.54, 1.807) is 6.20 Å². The van der Waals surface area contributed by atoms with E-state index in [-0.39, 0.29) is 0 Å². The predicted molar refractivity (Wildman–Crippen MR) is 79.3 cm³/mol. The third-order valence-corrected chi connectivity index (χ3v) is 3.76. The molecule has 2 rings (SSSR count). The average molecular weight is 263 g/mol. The van der Waals surface area contributed by atoms with Gasteiger partial charge in [0.15, 0.2) is 0 Å². The maximum Gasteiger partial charge on any atom is 0.0908 e. The quantitative estimate of drug-likeness (QED) is 0.842. The SMILES string of the molecule is CCC(CC)CNc1ccc(Cl)c2ncccc12. The molecule has 1 aromatic heterocycles. The molecule has 0 amide bonds. The van der Waals surface area contributed by atoms with E-state index in [1.807, 2.05) is 18.2 Å². The molecule has 0 bridgehead atoms. The van der Waals surface area contributed by atoms with Gasteiger partial charge in [-0.2, -0.15) is 0 Å². The van der Waals surface area contributed by atoms with Gasteiger partial charge in [0.25, 0.3) is 0 Å². The van der Waals surface area contributed by atoms with Crippen molar-refractivity contribution in [1.82, 2.24) is 4.98 Å².